The number of rotatable bonds is 2. The molecule has 15 heavy (non-hydrogen) atoms. The van der Waals surface area contributed by atoms with Gasteiger partial charge >= 0.3 is 0 Å². The quantitative estimate of drug-likeness (QED) is 0.539. The molecule has 1 nitrogen and oxygen atoms in total. The molecule has 5 heteroatoms. The van der Waals surface area contributed by atoms with Crippen molar-refractivity contribution in [3.8, 4) is 10.4 Å². The molecule has 0 saturated heterocycles. The minimum atomic E-state index is -0.212. The molecule has 0 saturated carbocycles. The molecule has 0 fully saturated rings. The van der Waals surface area contributed by atoms with E-state index < -0.39 is 0 Å². The van der Waals surface area contributed by atoms with Crippen molar-refractivity contribution < 1.29 is 4.39 Å². The lowest BCUT2D eigenvalue weighted by Gasteiger charge is -1.99. The van der Waals surface area contributed by atoms with Gasteiger partial charge in [0, 0.05) is 5.33 Å². The molecule has 0 atom stereocenters. The van der Waals surface area contributed by atoms with Gasteiger partial charge in [0.15, 0.2) is 3.01 Å². The van der Waals surface area contributed by atoms with Crippen molar-refractivity contribution >= 4 is 49.9 Å². The third-order valence-corrected chi connectivity index (χ3v) is 4.25. The van der Waals surface area contributed by atoms with Crippen LogP contribution in [0, 0.1) is 8.83 Å². The summed E-state index contributed by atoms with van der Waals surface area (Å²) in [5, 5.41) is 0.693. The van der Waals surface area contributed by atoms with Gasteiger partial charge < -0.3 is 0 Å². The van der Waals surface area contributed by atoms with Crippen molar-refractivity contribution in [1.82, 2.24) is 4.98 Å². The second-order valence-electron chi connectivity index (χ2n) is 2.89. The van der Waals surface area contributed by atoms with Gasteiger partial charge in [-0.3, -0.25) is 0 Å². The molecule has 0 aliphatic carbocycles. The fourth-order valence-corrected chi connectivity index (χ4v) is 3.62. The fourth-order valence-electron chi connectivity index (χ4n) is 1.27. The first-order valence-corrected chi connectivity index (χ1v) is 7.19. The summed E-state index contributed by atoms with van der Waals surface area (Å²) in [6.07, 6.45) is 0. The number of thiazole rings is 1. The number of alkyl halides is 1. The minimum absolute atomic E-state index is 0.212. The van der Waals surface area contributed by atoms with Crippen LogP contribution >= 0.6 is 49.9 Å². The van der Waals surface area contributed by atoms with Crippen LogP contribution in [0.4, 0.5) is 4.39 Å². The summed E-state index contributed by atoms with van der Waals surface area (Å²) < 4.78 is 14.0. The van der Waals surface area contributed by atoms with Gasteiger partial charge in [-0.05, 0) is 40.3 Å². The predicted molar refractivity (Wildman–Crippen MR) is 72.9 cm³/mol. The number of hydrogen-bond donors (Lipinski definition) is 0. The predicted octanol–water partition coefficient (Wildman–Crippen LogP) is 4.45. The van der Waals surface area contributed by atoms with Gasteiger partial charge in [0.2, 0.25) is 0 Å². The summed E-state index contributed by atoms with van der Waals surface area (Å²) in [7, 11) is 0. The fraction of sp³-hybridized carbons (Fsp3) is 0.100. The van der Waals surface area contributed by atoms with Crippen LogP contribution in [0.3, 0.4) is 0 Å². The molecule has 1 heterocycles. The van der Waals surface area contributed by atoms with Gasteiger partial charge in [0.25, 0.3) is 0 Å². The molecule has 2 rings (SSSR count). The molecule has 0 spiro atoms. The molecule has 0 radical (unpaired) electrons. The number of benzene rings is 1. The Hall–Kier alpha value is -0.0100. The molecule has 0 aliphatic heterocycles. The number of nitrogens with zero attached hydrogens (tertiary/aromatic N) is 1. The van der Waals surface area contributed by atoms with E-state index in [-0.39, 0.29) is 5.82 Å². The smallest absolute Gasteiger partial charge is 0.154 e. The number of hydrogen-bond acceptors (Lipinski definition) is 2. The van der Waals surface area contributed by atoms with Crippen LogP contribution in [-0.4, -0.2) is 4.98 Å². The Labute approximate surface area is 113 Å². The van der Waals surface area contributed by atoms with Crippen LogP contribution in [0.5, 0.6) is 0 Å². The van der Waals surface area contributed by atoms with E-state index in [1.54, 1.807) is 17.4 Å². The maximum Gasteiger partial charge on any atom is 0.154 e. The lowest BCUT2D eigenvalue weighted by molar-refractivity contribution is 0.628. The van der Waals surface area contributed by atoms with E-state index in [2.05, 4.69) is 43.5 Å². The van der Waals surface area contributed by atoms with Gasteiger partial charge in [-0.1, -0.05) is 28.1 Å². The zero-order valence-electron chi connectivity index (χ0n) is 7.51. The van der Waals surface area contributed by atoms with Crippen molar-refractivity contribution in [2.24, 2.45) is 0 Å². The Morgan fingerprint density at radius 1 is 1.47 bits per heavy atom. The van der Waals surface area contributed by atoms with Crippen molar-refractivity contribution in [2.75, 3.05) is 0 Å². The van der Waals surface area contributed by atoms with E-state index in [4.69, 9.17) is 0 Å². The Morgan fingerprint density at radius 2 is 2.27 bits per heavy atom. The third-order valence-electron chi connectivity index (χ3n) is 1.88. The highest BCUT2D eigenvalue weighted by atomic mass is 127. The van der Waals surface area contributed by atoms with E-state index in [0.29, 0.717) is 5.33 Å². The summed E-state index contributed by atoms with van der Waals surface area (Å²) in [6.45, 7) is 0. The van der Waals surface area contributed by atoms with Gasteiger partial charge in [-0.2, -0.15) is 0 Å². The highest BCUT2D eigenvalue weighted by Gasteiger charge is 2.10. The summed E-state index contributed by atoms with van der Waals surface area (Å²) in [6, 6.07) is 6.60. The van der Waals surface area contributed by atoms with Crippen molar-refractivity contribution in [3.63, 3.8) is 0 Å². The Balaban J connectivity index is 2.53. The Bertz CT molecular complexity index is 486. The Kier molecular flexibility index (Phi) is 3.73. The highest BCUT2D eigenvalue weighted by Crippen LogP contribution is 2.32. The van der Waals surface area contributed by atoms with Crippen LogP contribution < -0.4 is 0 Å². The van der Waals surface area contributed by atoms with Gasteiger partial charge in [0.1, 0.15) is 5.82 Å². The summed E-state index contributed by atoms with van der Waals surface area (Å²) >= 11 is 7.14. The largest absolute Gasteiger partial charge is 0.234 e. The van der Waals surface area contributed by atoms with Crippen LogP contribution in [0.25, 0.3) is 10.4 Å². The lowest BCUT2D eigenvalue weighted by Crippen LogP contribution is -1.83. The van der Waals surface area contributed by atoms with E-state index >= 15 is 0 Å². The van der Waals surface area contributed by atoms with Crippen molar-refractivity contribution in [2.45, 2.75) is 5.33 Å². The summed E-state index contributed by atoms with van der Waals surface area (Å²) in [5.74, 6) is -0.212. The Morgan fingerprint density at radius 3 is 2.93 bits per heavy atom. The maximum absolute atomic E-state index is 13.1. The van der Waals surface area contributed by atoms with Gasteiger partial charge in [-0.15, -0.1) is 11.3 Å². The lowest BCUT2D eigenvalue weighted by atomic mass is 10.1. The zero-order chi connectivity index (χ0) is 10.8. The minimum Gasteiger partial charge on any atom is -0.234 e. The summed E-state index contributed by atoms with van der Waals surface area (Å²) in [4.78, 5) is 5.41. The van der Waals surface area contributed by atoms with Crippen molar-refractivity contribution in [3.05, 3.63) is 38.8 Å². The maximum atomic E-state index is 13.1. The topological polar surface area (TPSA) is 12.9 Å². The van der Waals surface area contributed by atoms with E-state index in [1.165, 1.54) is 12.1 Å². The standard InChI is InChI=1S/C10H6BrFINS/c11-5-8-9(15-10(13)14-8)6-2-1-3-7(12)4-6/h1-4H,5H2. The first-order valence-electron chi connectivity index (χ1n) is 4.18. The van der Waals surface area contributed by atoms with Gasteiger partial charge in [-0.25, -0.2) is 9.37 Å². The zero-order valence-corrected chi connectivity index (χ0v) is 12.1. The molecule has 2 aromatic rings. The molecular weight excluding hydrogens is 392 g/mol. The molecule has 78 valence electrons. The van der Waals surface area contributed by atoms with E-state index in [1.807, 2.05) is 6.07 Å². The molecule has 1 aromatic heterocycles. The van der Waals surface area contributed by atoms with Crippen LogP contribution in [0.2, 0.25) is 0 Å². The average molecular weight is 398 g/mol. The van der Waals surface area contributed by atoms with Crippen LogP contribution in [0.15, 0.2) is 24.3 Å². The average Bonchev–Trinajstić information content (AvgIpc) is 2.59. The molecule has 0 amide bonds. The monoisotopic (exact) mass is 397 g/mol. The number of aromatic nitrogens is 1. The van der Waals surface area contributed by atoms with Crippen LogP contribution in [-0.2, 0) is 5.33 Å². The molecule has 0 bridgehead atoms. The highest BCUT2D eigenvalue weighted by molar-refractivity contribution is 14.1. The van der Waals surface area contributed by atoms with Gasteiger partial charge in [0.05, 0.1) is 10.6 Å². The van der Waals surface area contributed by atoms with E-state index in [0.717, 1.165) is 19.1 Å². The van der Waals surface area contributed by atoms with Crippen LogP contribution in [0.1, 0.15) is 5.69 Å². The first kappa shape index (κ1) is 11.5. The molecular formula is C10H6BrFINS. The normalized spacial score (nSPS) is 10.6. The molecule has 0 N–H and O–H groups in total. The molecule has 1 aromatic carbocycles. The first-order chi connectivity index (χ1) is 7.20. The summed E-state index contributed by atoms with van der Waals surface area (Å²) in [5.41, 5.74) is 1.86. The number of halogens is 3. The van der Waals surface area contributed by atoms with Crippen molar-refractivity contribution in [1.29, 1.82) is 0 Å². The second kappa shape index (κ2) is 4.88. The van der Waals surface area contributed by atoms with E-state index in [9.17, 15) is 4.39 Å². The molecule has 0 unspecified atom stereocenters. The second-order valence-corrected chi connectivity index (χ2v) is 6.20. The third kappa shape index (κ3) is 2.57. The SMILES string of the molecule is Fc1cccc(-c2sc(I)nc2CBr)c1. The molecule has 0 aliphatic rings.